The average molecular weight is 272 g/mol. The summed E-state index contributed by atoms with van der Waals surface area (Å²) in [5.41, 5.74) is 1.13. The topological polar surface area (TPSA) is 21.3 Å². The van der Waals surface area contributed by atoms with Gasteiger partial charge in [-0.25, -0.2) is 0 Å². The summed E-state index contributed by atoms with van der Waals surface area (Å²) in [7, 11) is 1.73. The SMILES string of the molecule is COCC(Nc1ccc(Br)cc1)C(C)C. The van der Waals surface area contributed by atoms with Crippen molar-refractivity contribution < 1.29 is 4.74 Å². The molecule has 0 bridgehead atoms. The molecule has 0 fully saturated rings. The van der Waals surface area contributed by atoms with Gasteiger partial charge in [-0.2, -0.15) is 0 Å². The fourth-order valence-corrected chi connectivity index (χ4v) is 1.60. The maximum atomic E-state index is 5.19. The summed E-state index contributed by atoms with van der Waals surface area (Å²) in [5, 5.41) is 3.46. The van der Waals surface area contributed by atoms with Gasteiger partial charge in [-0.05, 0) is 30.2 Å². The van der Waals surface area contributed by atoms with Gasteiger partial charge < -0.3 is 10.1 Å². The Morgan fingerprint density at radius 2 is 1.87 bits per heavy atom. The molecule has 0 radical (unpaired) electrons. The third-order valence-corrected chi connectivity index (χ3v) is 2.88. The molecule has 3 heteroatoms. The van der Waals surface area contributed by atoms with Gasteiger partial charge in [-0.1, -0.05) is 29.8 Å². The Morgan fingerprint density at radius 1 is 1.27 bits per heavy atom. The fraction of sp³-hybridized carbons (Fsp3) is 0.500. The van der Waals surface area contributed by atoms with Gasteiger partial charge in [-0.15, -0.1) is 0 Å². The van der Waals surface area contributed by atoms with Gasteiger partial charge in [0.25, 0.3) is 0 Å². The van der Waals surface area contributed by atoms with Crippen LogP contribution in [0.15, 0.2) is 28.7 Å². The third-order valence-electron chi connectivity index (χ3n) is 2.35. The second-order valence-corrected chi connectivity index (χ2v) is 4.87. The van der Waals surface area contributed by atoms with Gasteiger partial charge in [0.05, 0.1) is 12.6 Å². The summed E-state index contributed by atoms with van der Waals surface area (Å²) in [6, 6.07) is 8.56. The highest BCUT2D eigenvalue weighted by Crippen LogP contribution is 2.16. The second-order valence-electron chi connectivity index (χ2n) is 3.96. The van der Waals surface area contributed by atoms with Crippen LogP contribution in [0.4, 0.5) is 5.69 Å². The Kier molecular flexibility index (Phi) is 5.12. The van der Waals surface area contributed by atoms with E-state index in [4.69, 9.17) is 4.74 Å². The van der Waals surface area contributed by atoms with Crippen molar-refractivity contribution >= 4 is 21.6 Å². The van der Waals surface area contributed by atoms with Crippen LogP contribution in [-0.4, -0.2) is 19.8 Å². The molecule has 0 saturated carbocycles. The van der Waals surface area contributed by atoms with E-state index in [0.29, 0.717) is 12.0 Å². The normalized spacial score (nSPS) is 12.9. The lowest BCUT2D eigenvalue weighted by Crippen LogP contribution is -2.30. The molecule has 0 heterocycles. The van der Waals surface area contributed by atoms with Crippen molar-refractivity contribution in [3.8, 4) is 0 Å². The number of hydrogen-bond donors (Lipinski definition) is 1. The molecule has 1 unspecified atom stereocenters. The zero-order chi connectivity index (χ0) is 11.3. The highest BCUT2D eigenvalue weighted by molar-refractivity contribution is 9.10. The van der Waals surface area contributed by atoms with Crippen LogP contribution in [0, 0.1) is 5.92 Å². The molecule has 0 aliphatic carbocycles. The summed E-state index contributed by atoms with van der Waals surface area (Å²) in [4.78, 5) is 0. The van der Waals surface area contributed by atoms with E-state index in [-0.39, 0.29) is 0 Å². The molecule has 1 N–H and O–H groups in total. The lowest BCUT2D eigenvalue weighted by Gasteiger charge is -2.22. The van der Waals surface area contributed by atoms with Crippen LogP contribution >= 0.6 is 15.9 Å². The van der Waals surface area contributed by atoms with Crippen molar-refractivity contribution in [2.75, 3.05) is 19.0 Å². The van der Waals surface area contributed by atoms with Crippen molar-refractivity contribution in [3.63, 3.8) is 0 Å². The molecule has 1 atom stereocenters. The van der Waals surface area contributed by atoms with Crippen LogP contribution in [0.5, 0.6) is 0 Å². The maximum absolute atomic E-state index is 5.19. The zero-order valence-corrected chi connectivity index (χ0v) is 11.0. The third kappa shape index (κ3) is 4.22. The molecule has 0 amide bonds. The van der Waals surface area contributed by atoms with E-state index in [1.54, 1.807) is 7.11 Å². The first-order valence-electron chi connectivity index (χ1n) is 5.14. The van der Waals surface area contributed by atoms with Crippen molar-refractivity contribution in [3.05, 3.63) is 28.7 Å². The standard InChI is InChI=1S/C12H18BrNO/c1-9(2)12(8-15-3)14-11-6-4-10(13)5-7-11/h4-7,9,12,14H,8H2,1-3H3. The van der Waals surface area contributed by atoms with Gasteiger partial charge in [0.2, 0.25) is 0 Å². The lowest BCUT2D eigenvalue weighted by molar-refractivity contribution is 0.171. The minimum Gasteiger partial charge on any atom is -0.383 e. The number of nitrogens with one attached hydrogen (secondary N) is 1. The Hall–Kier alpha value is -0.540. The highest BCUT2D eigenvalue weighted by atomic mass is 79.9. The number of hydrogen-bond acceptors (Lipinski definition) is 2. The summed E-state index contributed by atoms with van der Waals surface area (Å²) in [6.45, 7) is 5.11. The molecule has 15 heavy (non-hydrogen) atoms. The Labute approximate surface area is 100 Å². The van der Waals surface area contributed by atoms with Gasteiger partial charge in [0, 0.05) is 17.3 Å². The summed E-state index contributed by atoms with van der Waals surface area (Å²) in [5.74, 6) is 0.550. The van der Waals surface area contributed by atoms with Crippen molar-refractivity contribution in [2.45, 2.75) is 19.9 Å². The fourth-order valence-electron chi connectivity index (χ4n) is 1.34. The second kappa shape index (κ2) is 6.13. The number of anilines is 1. The largest absolute Gasteiger partial charge is 0.383 e. The van der Waals surface area contributed by atoms with Gasteiger partial charge in [-0.3, -0.25) is 0 Å². The first-order valence-corrected chi connectivity index (χ1v) is 5.94. The molecular formula is C12H18BrNO. The Morgan fingerprint density at radius 3 is 2.33 bits per heavy atom. The molecule has 0 spiro atoms. The molecule has 2 nitrogen and oxygen atoms in total. The molecule has 1 rings (SSSR count). The Balaban J connectivity index is 2.61. The van der Waals surface area contributed by atoms with Crippen LogP contribution in [0.1, 0.15) is 13.8 Å². The van der Waals surface area contributed by atoms with E-state index in [1.807, 2.05) is 12.1 Å². The highest BCUT2D eigenvalue weighted by Gasteiger charge is 2.12. The van der Waals surface area contributed by atoms with E-state index in [1.165, 1.54) is 0 Å². The first kappa shape index (κ1) is 12.5. The monoisotopic (exact) mass is 271 g/mol. The van der Waals surface area contributed by atoms with Crippen LogP contribution in [0.3, 0.4) is 0 Å². The summed E-state index contributed by atoms with van der Waals surface area (Å²) < 4.78 is 6.29. The molecule has 0 saturated heterocycles. The quantitative estimate of drug-likeness (QED) is 0.885. The van der Waals surface area contributed by atoms with Crippen LogP contribution in [0.2, 0.25) is 0 Å². The van der Waals surface area contributed by atoms with E-state index < -0.39 is 0 Å². The molecule has 84 valence electrons. The zero-order valence-electron chi connectivity index (χ0n) is 9.46. The molecule has 0 aliphatic rings. The molecule has 0 aliphatic heterocycles. The van der Waals surface area contributed by atoms with Crippen molar-refractivity contribution in [2.24, 2.45) is 5.92 Å². The number of benzene rings is 1. The van der Waals surface area contributed by atoms with Gasteiger partial charge >= 0.3 is 0 Å². The molecule has 1 aromatic carbocycles. The van der Waals surface area contributed by atoms with Crippen molar-refractivity contribution in [1.82, 2.24) is 0 Å². The number of halogens is 1. The number of methoxy groups -OCH3 is 1. The van der Waals surface area contributed by atoms with Gasteiger partial charge in [0.15, 0.2) is 0 Å². The minimum atomic E-state index is 0.358. The predicted octanol–water partition coefficient (Wildman–Crippen LogP) is 3.53. The van der Waals surface area contributed by atoms with E-state index in [9.17, 15) is 0 Å². The Bertz CT molecular complexity index is 284. The van der Waals surface area contributed by atoms with Crippen LogP contribution in [0.25, 0.3) is 0 Å². The van der Waals surface area contributed by atoms with Crippen molar-refractivity contribution in [1.29, 1.82) is 0 Å². The number of rotatable bonds is 5. The molecule has 0 aromatic heterocycles. The van der Waals surface area contributed by atoms with Crippen LogP contribution < -0.4 is 5.32 Å². The molecular weight excluding hydrogens is 254 g/mol. The first-order chi connectivity index (χ1) is 7.13. The van der Waals surface area contributed by atoms with E-state index >= 15 is 0 Å². The van der Waals surface area contributed by atoms with Crippen LogP contribution in [-0.2, 0) is 4.74 Å². The maximum Gasteiger partial charge on any atom is 0.0666 e. The smallest absolute Gasteiger partial charge is 0.0666 e. The summed E-state index contributed by atoms with van der Waals surface area (Å²) >= 11 is 3.42. The minimum absolute atomic E-state index is 0.358. The van der Waals surface area contributed by atoms with E-state index in [0.717, 1.165) is 16.8 Å². The number of ether oxygens (including phenoxy) is 1. The summed E-state index contributed by atoms with van der Waals surface area (Å²) in [6.07, 6.45) is 0. The van der Waals surface area contributed by atoms with E-state index in [2.05, 4.69) is 47.2 Å². The average Bonchev–Trinajstić information content (AvgIpc) is 2.20. The lowest BCUT2D eigenvalue weighted by atomic mass is 10.1. The van der Waals surface area contributed by atoms with Gasteiger partial charge in [0.1, 0.15) is 0 Å². The predicted molar refractivity (Wildman–Crippen MR) is 68.3 cm³/mol. The molecule has 1 aromatic rings.